The molecule has 3 aromatic rings. The summed E-state index contributed by atoms with van der Waals surface area (Å²) in [4.78, 5) is 12.4. The smallest absolute Gasteiger partial charge is 0.256 e. The Balaban J connectivity index is 1.70. The van der Waals surface area contributed by atoms with Gasteiger partial charge in [-0.15, -0.1) is 0 Å². The number of nitrogens with zero attached hydrogens (tertiary/aromatic N) is 2. The Labute approximate surface area is 145 Å². The number of aromatic nitrogens is 2. The third-order valence-corrected chi connectivity index (χ3v) is 4.28. The van der Waals surface area contributed by atoms with Crippen LogP contribution in [0, 0.1) is 0 Å². The maximum atomic E-state index is 12.4. The molecule has 0 saturated heterocycles. The summed E-state index contributed by atoms with van der Waals surface area (Å²) >= 11 is 1.76. The largest absolute Gasteiger partial charge is 0.307 e. The lowest BCUT2D eigenvalue weighted by Gasteiger charge is -2.09. The van der Waals surface area contributed by atoms with E-state index in [1.165, 1.54) is 5.56 Å². The van der Waals surface area contributed by atoms with Gasteiger partial charge in [0.2, 0.25) is 0 Å². The van der Waals surface area contributed by atoms with Crippen molar-refractivity contribution in [3.63, 3.8) is 0 Å². The van der Waals surface area contributed by atoms with E-state index < -0.39 is 0 Å². The molecule has 0 aliphatic rings. The Morgan fingerprint density at radius 3 is 2.50 bits per heavy atom. The maximum absolute atomic E-state index is 12.4. The van der Waals surface area contributed by atoms with Crippen LogP contribution in [0.2, 0.25) is 0 Å². The second-order valence-corrected chi connectivity index (χ2v) is 6.31. The van der Waals surface area contributed by atoms with Gasteiger partial charge in [-0.2, -0.15) is 16.9 Å². The summed E-state index contributed by atoms with van der Waals surface area (Å²) < 4.78 is 1.79. The molecule has 1 heterocycles. The highest BCUT2D eigenvalue weighted by atomic mass is 32.2. The van der Waals surface area contributed by atoms with E-state index in [0.29, 0.717) is 17.9 Å². The van der Waals surface area contributed by atoms with Crippen LogP contribution in [-0.2, 0) is 12.3 Å². The zero-order chi connectivity index (χ0) is 16.8. The molecule has 1 aromatic heterocycles. The number of nitrogens with one attached hydrogen (secondary N) is 1. The molecule has 1 N–H and O–H groups in total. The lowest BCUT2D eigenvalue weighted by molar-refractivity contribution is 0.102. The summed E-state index contributed by atoms with van der Waals surface area (Å²) in [6.45, 7) is 0.621. The van der Waals surface area contributed by atoms with E-state index >= 15 is 0 Å². The number of benzene rings is 2. The van der Waals surface area contributed by atoms with Crippen LogP contribution in [0.4, 0.5) is 5.82 Å². The van der Waals surface area contributed by atoms with E-state index in [4.69, 9.17) is 0 Å². The number of carbonyl (C=O) groups excluding carboxylic acids is 1. The Bertz CT molecular complexity index is 797. The zero-order valence-corrected chi connectivity index (χ0v) is 14.3. The molecule has 0 saturated carbocycles. The third kappa shape index (κ3) is 4.06. The molecule has 2 aromatic carbocycles. The molecule has 122 valence electrons. The van der Waals surface area contributed by atoms with Crippen molar-refractivity contribution in [2.75, 3.05) is 11.6 Å². The average molecular weight is 337 g/mol. The van der Waals surface area contributed by atoms with Crippen molar-refractivity contribution in [1.82, 2.24) is 9.78 Å². The van der Waals surface area contributed by atoms with Crippen molar-refractivity contribution in [3.8, 4) is 0 Å². The number of anilines is 1. The van der Waals surface area contributed by atoms with Gasteiger partial charge in [0.1, 0.15) is 5.82 Å². The van der Waals surface area contributed by atoms with Gasteiger partial charge >= 0.3 is 0 Å². The van der Waals surface area contributed by atoms with Crippen LogP contribution in [-0.4, -0.2) is 21.9 Å². The molecule has 0 aliphatic carbocycles. The van der Waals surface area contributed by atoms with Gasteiger partial charge in [-0.3, -0.25) is 4.79 Å². The van der Waals surface area contributed by atoms with Crippen molar-refractivity contribution in [1.29, 1.82) is 0 Å². The predicted molar refractivity (Wildman–Crippen MR) is 99.4 cm³/mol. The highest BCUT2D eigenvalue weighted by Crippen LogP contribution is 2.14. The normalized spacial score (nSPS) is 10.5. The number of thioether (sulfide) groups is 1. The molecule has 0 atom stereocenters. The zero-order valence-electron chi connectivity index (χ0n) is 13.5. The van der Waals surface area contributed by atoms with E-state index in [2.05, 4.69) is 16.7 Å². The first-order chi connectivity index (χ1) is 11.8. The fourth-order valence-electron chi connectivity index (χ4n) is 2.43. The van der Waals surface area contributed by atoms with E-state index in [0.717, 1.165) is 11.3 Å². The first-order valence-corrected chi connectivity index (χ1v) is 9.10. The van der Waals surface area contributed by atoms with Gasteiger partial charge in [0.25, 0.3) is 5.91 Å². The molecular weight excluding hydrogens is 318 g/mol. The van der Waals surface area contributed by atoms with Crippen molar-refractivity contribution >= 4 is 23.5 Å². The molecule has 0 spiro atoms. The van der Waals surface area contributed by atoms with Gasteiger partial charge < -0.3 is 5.32 Å². The fourth-order valence-corrected chi connectivity index (χ4v) is 2.95. The molecule has 0 aliphatic heterocycles. The number of amides is 1. The van der Waals surface area contributed by atoms with Gasteiger partial charge in [0.15, 0.2) is 0 Å². The SMILES string of the molecule is CSCc1ccc(C(=O)Nc2ccnn2Cc2ccccc2)cc1. The van der Waals surface area contributed by atoms with Crippen molar-refractivity contribution in [2.45, 2.75) is 12.3 Å². The number of hydrogen-bond acceptors (Lipinski definition) is 3. The Morgan fingerprint density at radius 2 is 1.79 bits per heavy atom. The van der Waals surface area contributed by atoms with Gasteiger partial charge in [0, 0.05) is 17.4 Å². The Hall–Kier alpha value is -2.53. The lowest BCUT2D eigenvalue weighted by atomic mass is 10.1. The molecule has 1 amide bonds. The quantitative estimate of drug-likeness (QED) is 0.738. The van der Waals surface area contributed by atoms with Crippen LogP contribution in [0.5, 0.6) is 0 Å². The second kappa shape index (κ2) is 7.84. The lowest BCUT2D eigenvalue weighted by Crippen LogP contribution is -2.16. The average Bonchev–Trinajstić information content (AvgIpc) is 3.03. The van der Waals surface area contributed by atoms with Crippen LogP contribution in [0.25, 0.3) is 0 Å². The Kier molecular flexibility index (Phi) is 5.33. The molecule has 0 radical (unpaired) electrons. The molecule has 0 fully saturated rings. The molecule has 4 nitrogen and oxygen atoms in total. The van der Waals surface area contributed by atoms with E-state index in [-0.39, 0.29) is 5.91 Å². The van der Waals surface area contributed by atoms with Gasteiger partial charge in [-0.1, -0.05) is 42.5 Å². The molecule has 0 bridgehead atoms. The first kappa shape index (κ1) is 16.3. The summed E-state index contributed by atoms with van der Waals surface area (Å²) in [5.74, 6) is 1.52. The highest BCUT2D eigenvalue weighted by molar-refractivity contribution is 7.97. The first-order valence-electron chi connectivity index (χ1n) is 7.71. The predicted octanol–water partition coefficient (Wildman–Crippen LogP) is 4.05. The van der Waals surface area contributed by atoms with E-state index in [9.17, 15) is 4.79 Å². The topological polar surface area (TPSA) is 46.9 Å². The van der Waals surface area contributed by atoms with Crippen LogP contribution >= 0.6 is 11.8 Å². The van der Waals surface area contributed by atoms with Gasteiger partial charge in [-0.05, 0) is 29.5 Å². The van der Waals surface area contributed by atoms with Crippen molar-refractivity contribution < 1.29 is 4.79 Å². The van der Waals surface area contributed by atoms with E-state index in [1.54, 1.807) is 22.6 Å². The summed E-state index contributed by atoms with van der Waals surface area (Å²) in [6.07, 6.45) is 3.76. The minimum Gasteiger partial charge on any atom is -0.307 e. The summed E-state index contributed by atoms with van der Waals surface area (Å²) in [5.41, 5.74) is 3.00. The highest BCUT2D eigenvalue weighted by Gasteiger charge is 2.10. The monoisotopic (exact) mass is 337 g/mol. The van der Waals surface area contributed by atoms with Crippen molar-refractivity contribution in [3.05, 3.63) is 83.6 Å². The minimum absolute atomic E-state index is 0.125. The number of carbonyl (C=O) groups is 1. The van der Waals surface area contributed by atoms with Crippen LogP contribution in [0.15, 0.2) is 66.9 Å². The van der Waals surface area contributed by atoms with E-state index in [1.807, 2.05) is 60.7 Å². The van der Waals surface area contributed by atoms with Crippen LogP contribution in [0.3, 0.4) is 0 Å². The van der Waals surface area contributed by atoms with Gasteiger partial charge in [-0.25, -0.2) is 4.68 Å². The molecule has 24 heavy (non-hydrogen) atoms. The summed E-state index contributed by atoms with van der Waals surface area (Å²) in [5, 5.41) is 7.23. The Morgan fingerprint density at radius 1 is 1.04 bits per heavy atom. The summed E-state index contributed by atoms with van der Waals surface area (Å²) in [6, 6.07) is 19.6. The fraction of sp³-hybridized carbons (Fsp3) is 0.158. The maximum Gasteiger partial charge on any atom is 0.256 e. The molecule has 0 unspecified atom stereocenters. The number of rotatable bonds is 6. The van der Waals surface area contributed by atoms with Crippen LogP contribution in [0.1, 0.15) is 21.5 Å². The van der Waals surface area contributed by atoms with Gasteiger partial charge in [0.05, 0.1) is 12.7 Å². The second-order valence-electron chi connectivity index (χ2n) is 5.44. The van der Waals surface area contributed by atoms with Crippen LogP contribution < -0.4 is 5.32 Å². The molecular formula is C19H19N3OS. The third-order valence-electron chi connectivity index (χ3n) is 3.66. The van der Waals surface area contributed by atoms with Crippen molar-refractivity contribution in [2.24, 2.45) is 0 Å². The standard InChI is InChI=1S/C19H19N3OS/c1-24-14-16-7-9-17(10-8-16)19(23)21-18-11-12-20-22(18)13-15-5-3-2-4-6-15/h2-12H,13-14H2,1H3,(H,21,23). The molecule has 5 heteroatoms. The minimum atomic E-state index is -0.125. The molecule has 3 rings (SSSR count). The summed E-state index contributed by atoms with van der Waals surface area (Å²) in [7, 11) is 0. The number of hydrogen-bond donors (Lipinski definition) is 1.